The molecule has 5 aromatic rings. The van der Waals surface area contributed by atoms with Gasteiger partial charge in [0.1, 0.15) is 23.7 Å². The second kappa shape index (κ2) is 8.34. The molecule has 180 valence electrons. The molecule has 1 atom stereocenters. The zero-order chi connectivity index (χ0) is 25.0. The molecule has 0 aliphatic carbocycles. The molecule has 3 N–H and O–H groups in total. The van der Waals surface area contributed by atoms with Crippen molar-refractivity contribution in [3.05, 3.63) is 87.6 Å². The van der Waals surface area contributed by atoms with E-state index >= 15 is 0 Å². The number of aromatic amines is 1. The van der Waals surface area contributed by atoms with E-state index in [0.29, 0.717) is 34.7 Å². The molecule has 0 bridgehead atoms. The van der Waals surface area contributed by atoms with Crippen molar-refractivity contribution >= 4 is 17.4 Å². The zero-order valence-corrected chi connectivity index (χ0v) is 19.1. The number of hydrogen-bond acceptors (Lipinski definition) is 7. The summed E-state index contributed by atoms with van der Waals surface area (Å²) in [6.07, 6.45) is 2.50. The number of tetrazole rings is 1. The maximum absolute atomic E-state index is 14.7. The molecule has 4 aromatic heterocycles. The summed E-state index contributed by atoms with van der Waals surface area (Å²) >= 11 is 6.25. The van der Waals surface area contributed by atoms with Crippen LogP contribution in [0.4, 0.5) is 14.6 Å². The molecule has 0 amide bonds. The van der Waals surface area contributed by atoms with E-state index < -0.39 is 17.9 Å². The molecule has 0 spiro atoms. The number of fused-ring (bicyclic) bond motifs is 1. The number of H-pyrrole nitrogens is 1. The summed E-state index contributed by atoms with van der Waals surface area (Å²) in [5.41, 5.74) is 7.65. The van der Waals surface area contributed by atoms with Crippen molar-refractivity contribution in [1.82, 2.24) is 39.7 Å². The lowest BCUT2D eigenvalue weighted by Gasteiger charge is -2.15. The van der Waals surface area contributed by atoms with Crippen LogP contribution in [0.2, 0.25) is 5.02 Å². The first-order valence-corrected chi connectivity index (χ1v) is 11.2. The van der Waals surface area contributed by atoms with E-state index in [1.807, 2.05) is 6.07 Å². The van der Waals surface area contributed by atoms with E-state index in [4.69, 9.17) is 17.3 Å². The van der Waals surface area contributed by atoms with Crippen molar-refractivity contribution < 1.29 is 8.78 Å². The van der Waals surface area contributed by atoms with Crippen LogP contribution in [0.15, 0.2) is 53.6 Å². The highest BCUT2D eigenvalue weighted by Crippen LogP contribution is 2.35. The molecule has 0 saturated heterocycles. The Bertz CT molecular complexity index is 1680. The highest BCUT2D eigenvalue weighted by Gasteiger charge is 2.30. The number of aromatic nitrogens is 8. The van der Waals surface area contributed by atoms with Crippen LogP contribution in [0.25, 0.3) is 28.1 Å². The van der Waals surface area contributed by atoms with Gasteiger partial charge >= 0.3 is 0 Å². The number of nitrogens with one attached hydrogen (secondary N) is 1. The Labute approximate surface area is 206 Å². The third-order valence-corrected chi connectivity index (χ3v) is 6.37. The van der Waals surface area contributed by atoms with E-state index in [0.717, 1.165) is 5.69 Å². The predicted molar refractivity (Wildman–Crippen MR) is 126 cm³/mol. The number of nitrogens with two attached hydrogens (primary N) is 1. The van der Waals surface area contributed by atoms with E-state index in [1.54, 1.807) is 22.8 Å². The van der Waals surface area contributed by atoms with Gasteiger partial charge in [0.25, 0.3) is 5.56 Å². The molecular weight excluding hydrogens is 492 g/mol. The van der Waals surface area contributed by atoms with Crippen LogP contribution in [-0.2, 0) is 6.42 Å². The SMILES string of the molecule is Nc1ccc(-c2[nH]c(C3CCc4cc(-c5cc(Cl)ccc5-n5cnnn5)cc(=O)n43)nc2F)c(F)n1. The number of hydrogen-bond donors (Lipinski definition) is 2. The number of halogens is 3. The van der Waals surface area contributed by atoms with Gasteiger partial charge in [-0.25, -0.2) is 9.97 Å². The molecular formula is C23H16ClF2N9O. The van der Waals surface area contributed by atoms with Crippen LogP contribution in [0.1, 0.15) is 24.0 Å². The molecule has 0 fully saturated rings. The number of rotatable bonds is 4. The maximum Gasteiger partial charge on any atom is 0.252 e. The van der Waals surface area contributed by atoms with Gasteiger partial charge in [0.2, 0.25) is 11.9 Å². The van der Waals surface area contributed by atoms with Crippen LogP contribution in [-0.4, -0.2) is 39.7 Å². The summed E-state index contributed by atoms with van der Waals surface area (Å²) in [5.74, 6) is -1.62. The summed E-state index contributed by atoms with van der Waals surface area (Å²) in [6, 6.07) is 10.7. The van der Waals surface area contributed by atoms with Crippen LogP contribution in [0, 0.1) is 11.9 Å². The monoisotopic (exact) mass is 507 g/mol. The third kappa shape index (κ3) is 3.62. The second-order valence-electron chi connectivity index (χ2n) is 8.28. The minimum atomic E-state index is -0.919. The molecule has 1 aliphatic rings. The zero-order valence-electron chi connectivity index (χ0n) is 18.4. The number of nitrogen functional groups attached to an aromatic ring is 1. The van der Waals surface area contributed by atoms with Gasteiger partial charge in [0.15, 0.2) is 0 Å². The number of pyridine rings is 2. The Hall–Kier alpha value is -4.45. The Balaban J connectivity index is 1.41. The molecule has 5 heterocycles. The van der Waals surface area contributed by atoms with Gasteiger partial charge in [-0.3, -0.25) is 4.79 Å². The topological polar surface area (TPSA) is 133 Å². The highest BCUT2D eigenvalue weighted by atomic mass is 35.5. The van der Waals surface area contributed by atoms with E-state index in [-0.39, 0.29) is 28.5 Å². The van der Waals surface area contributed by atoms with Crippen molar-refractivity contribution in [3.63, 3.8) is 0 Å². The normalized spacial score (nSPS) is 14.8. The summed E-state index contributed by atoms with van der Waals surface area (Å²) < 4.78 is 32.1. The first kappa shape index (κ1) is 22.0. The van der Waals surface area contributed by atoms with Crippen LogP contribution >= 0.6 is 11.6 Å². The summed E-state index contributed by atoms with van der Waals surface area (Å²) in [4.78, 5) is 23.6. The molecule has 1 aromatic carbocycles. The maximum atomic E-state index is 14.7. The Morgan fingerprint density at radius 3 is 2.69 bits per heavy atom. The average Bonchev–Trinajstić information content (AvgIpc) is 3.59. The van der Waals surface area contributed by atoms with Gasteiger partial charge in [-0.1, -0.05) is 11.6 Å². The van der Waals surface area contributed by atoms with Gasteiger partial charge < -0.3 is 15.3 Å². The van der Waals surface area contributed by atoms with E-state index in [9.17, 15) is 13.6 Å². The lowest BCUT2D eigenvalue weighted by molar-refractivity contribution is 0.547. The number of aryl methyl sites for hydroxylation is 1. The minimum Gasteiger partial charge on any atom is -0.384 e. The first-order chi connectivity index (χ1) is 17.4. The second-order valence-corrected chi connectivity index (χ2v) is 8.71. The fraction of sp³-hybridized carbons (Fsp3) is 0.130. The largest absolute Gasteiger partial charge is 0.384 e. The summed E-state index contributed by atoms with van der Waals surface area (Å²) in [6.45, 7) is 0. The number of benzene rings is 1. The van der Waals surface area contributed by atoms with Gasteiger partial charge in [-0.05, 0) is 65.2 Å². The standard InChI is InChI=1S/C23H16ClF2N9O/c24-12-1-4-16(34-10-28-32-33-34)15(9-12)11-7-13-2-5-17(35(13)19(36)8-11)23-30-20(22(26)31-23)14-3-6-18(27)29-21(14)25/h1,3-4,6-10,17H,2,5H2,(H2,27,29)(H,30,31). The average molecular weight is 508 g/mol. The lowest BCUT2D eigenvalue weighted by Crippen LogP contribution is -2.24. The molecule has 36 heavy (non-hydrogen) atoms. The number of nitrogens with zero attached hydrogens (tertiary/aromatic N) is 7. The fourth-order valence-electron chi connectivity index (χ4n) is 4.56. The molecule has 0 saturated carbocycles. The smallest absolute Gasteiger partial charge is 0.252 e. The number of anilines is 1. The Morgan fingerprint density at radius 1 is 1.06 bits per heavy atom. The lowest BCUT2D eigenvalue weighted by atomic mass is 10.0. The molecule has 1 unspecified atom stereocenters. The summed E-state index contributed by atoms with van der Waals surface area (Å²) in [5, 5.41) is 11.8. The van der Waals surface area contributed by atoms with Crippen LogP contribution < -0.4 is 11.3 Å². The highest BCUT2D eigenvalue weighted by molar-refractivity contribution is 6.31. The van der Waals surface area contributed by atoms with Crippen molar-refractivity contribution in [2.75, 3.05) is 5.73 Å². The predicted octanol–water partition coefficient (Wildman–Crippen LogP) is 3.33. The van der Waals surface area contributed by atoms with Gasteiger partial charge in [-0.15, -0.1) is 5.10 Å². The van der Waals surface area contributed by atoms with Gasteiger partial charge in [0, 0.05) is 22.3 Å². The van der Waals surface area contributed by atoms with Crippen molar-refractivity contribution in [2.45, 2.75) is 18.9 Å². The quantitative estimate of drug-likeness (QED) is 0.356. The molecule has 10 nitrogen and oxygen atoms in total. The van der Waals surface area contributed by atoms with Gasteiger partial charge in [0.05, 0.1) is 17.3 Å². The van der Waals surface area contributed by atoms with Crippen LogP contribution in [0.5, 0.6) is 0 Å². The molecule has 0 radical (unpaired) electrons. The third-order valence-electron chi connectivity index (χ3n) is 6.13. The fourth-order valence-corrected chi connectivity index (χ4v) is 4.73. The van der Waals surface area contributed by atoms with Crippen LogP contribution in [0.3, 0.4) is 0 Å². The van der Waals surface area contributed by atoms with E-state index in [2.05, 4.69) is 30.5 Å². The molecule has 1 aliphatic heterocycles. The van der Waals surface area contributed by atoms with Crippen molar-refractivity contribution in [3.8, 4) is 28.1 Å². The molecule has 13 heteroatoms. The van der Waals surface area contributed by atoms with Crippen molar-refractivity contribution in [2.24, 2.45) is 0 Å². The minimum absolute atomic E-state index is 0.0218. The van der Waals surface area contributed by atoms with E-state index in [1.165, 1.54) is 29.2 Å². The number of imidazole rings is 1. The van der Waals surface area contributed by atoms with Gasteiger partial charge in [-0.2, -0.15) is 13.5 Å². The molecule has 6 rings (SSSR count). The summed E-state index contributed by atoms with van der Waals surface area (Å²) in [7, 11) is 0. The van der Waals surface area contributed by atoms with Crippen molar-refractivity contribution in [1.29, 1.82) is 0 Å². The Kier molecular flexibility index (Phi) is 5.11. The first-order valence-electron chi connectivity index (χ1n) is 10.9. The Morgan fingerprint density at radius 2 is 1.92 bits per heavy atom.